The summed E-state index contributed by atoms with van der Waals surface area (Å²) < 4.78 is 1.06. The van der Waals surface area contributed by atoms with Gasteiger partial charge < -0.3 is 0 Å². The van der Waals surface area contributed by atoms with E-state index in [1.165, 1.54) is 24.0 Å². The first-order valence-electron chi connectivity index (χ1n) is 5.79. The van der Waals surface area contributed by atoms with Crippen molar-refractivity contribution in [3.8, 4) is 0 Å². The van der Waals surface area contributed by atoms with Crippen LogP contribution in [0.15, 0.2) is 28.7 Å². The Morgan fingerprint density at radius 2 is 2.06 bits per heavy atom. The van der Waals surface area contributed by atoms with Gasteiger partial charge in [0, 0.05) is 16.5 Å². The number of carbonyl (C=O) groups is 1. The maximum absolute atomic E-state index is 11.8. The van der Waals surface area contributed by atoms with Gasteiger partial charge in [0.25, 0.3) is 0 Å². The van der Waals surface area contributed by atoms with Gasteiger partial charge in [0.1, 0.15) is 0 Å². The third-order valence-electron chi connectivity index (χ3n) is 3.34. The van der Waals surface area contributed by atoms with Gasteiger partial charge in [0.2, 0.25) is 0 Å². The lowest BCUT2D eigenvalue weighted by molar-refractivity contribution is -0.113. The van der Waals surface area contributed by atoms with E-state index >= 15 is 0 Å². The molecular weight excluding hydrogens is 264 g/mol. The van der Waals surface area contributed by atoms with Crippen molar-refractivity contribution in [1.82, 2.24) is 0 Å². The fourth-order valence-electron chi connectivity index (χ4n) is 2.37. The van der Waals surface area contributed by atoms with E-state index in [1.54, 1.807) is 0 Å². The van der Waals surface area contributed by atoms with Gasteiger partial charge in [-0.1, -0.05) is 28.1 Å². The fraction of sp³-hybridized carbons (Fsp3) is 0.357. The molecule has 1 aromatic carbocycles. The van der Waals surface area contributed by atoms with Crippen LogP contribution in [0, 0.1) is 0 Å². The van der Waals surface area contributed by atoms with Crippen molar-refractivity contribution in [1.29, 1.82) is 0 Å². The van der Waals surface area contributed by atoms with Gasteiger partial charge in [-0.25, -0.2) is 0 Å². The van der Waals surface area contributed by atoms with Gasteiger partial charge in [-0.2, -0.15) is 0 Å². The molecule has 82 valence electrons. The normalized spacial score (nSPS) is 20.1. The summed E-state index contributed by atoms with van der Waals surface area (Å²) in [6, 6.07) is 6.35. The molecule has 0 aliphatic heterocycles. The minimum Gasteiger partial charge on any atom is -0.294 e. The number of ketones is 1. The summed E-state index contributed by atoms with van der Waals surface area (Å²) in [6.45, 7) is 0. The molecule has 0 amide bonds. The SMILES string of the molecule is O=C1CCC=C1c1cc(Br)ccc1C1CC1. The second-order valence-electron chi connectivity index (χ2n) is 4.59. The van der Waals surface area contributed by atoms with E-state index in [-0.39, 0.29) is 0 Å². The monoisotopic (exact) mass is 276 g/mol. The van der Waals surface area contributed by atoms with Crippen molar-refractivity contribution in [2.24, 2.45) is 0 Å². The minimum atomic E-state index is 0.306. The van der Waals surface area contributed by atoms with Crippen LogP contribution in [-0.4, -0.2) is 5.78 Å². The second kappa shape index (κ2) is 3.85. The molecule has 0 radical (unpaired) electrons. The first kappa shape index (κ1) is 10.3. The van der Waals surface area contributed by atoms with E-state index in [4.69, 9.17) is 0 Å². The molecule has 1 aromatic rings. The molecule has 0 bridgehead atoms. The first-order valence-corrected chi connectivity index (χ1v) is 6.58. The van der Waals surface area contributed by atoms with Crippen LogP contribution in [-0.2, 0) is 4.79 Å². The number of rotatable bonds is 2. The van der Waals surface area contributed by atoms with Crippen molar-refractivity contribution in [2.75, 3.05) is 0 Å². The summed E-state index contributed by atoms with van der Waals surface area (Å²) in [6.07, 6.45) is 6.24. The highest BCUT2D eigenvalue weighted by atomic mass is 79.9. The van der Waals surface area contributed by atoms with Crippen LogP contribution in [0.1, 0.15) is 42.7 Å². The summed E-state index contributed by atoms with van der Waals surface area (Å²) in [5.74, 6) is 0.998. The van der Waals surface area contributed by atoms with E-state index in [0.29, 0.717) is 18.1 Å². The number of hydrogen-bond donors (Lipinski definition) is 0. The van der Waals surface area contributed by atoms with Crippen molar-refractivity contribution >= 4 is 27.3 Å². The molecule has 3 rings (SSSR count). The zero-order valence-corrected chi connectivity index (χ0v) is 10.6. The molecule has 0 unspecified atom stereocenters. The topological polar surface area (TPSA) is 17.1 Å². The maximum Gasteiger partial charge on any atom is 0.163 e. The Morgan fingerprint density at radius 1 is 1.25 bits per heavy atom. The molecule has 0 heterocycles. The van der Waals surface area contributed by atoms with Crippen LogP contribution in [0.3, 0.4) is 0 Å². The Morgan fingerprint density at radius 3 is 2.69 bits per heavy atom. The van der Waals surface area contributed by atoms with Crippen molar-refractivity contribution in [2.45, 2.75) is 31.6 Å². The van der Waals surface area contributed by atoms with E-state index in [2.05, 4.69) is 40.2 Å². The third-order valence-corrected chi connectivity index (χ3v) is 3.84. The van der Waals surface area contributed by atoms with Crippen molar-refractivity contribution in [3.63, 3.8) is 0 Å². The molecule has 0 spiro atoms. The Kier molecular flexibility index (Phi) is 2.47. The Hall–Kier alpha value is -0.890. The standard InChI is InChI=1S/C14H13BrO/c15-10-6-7-11(9-4-5-9)13(8-10)12-2-1-3-14(12)16/h2,6-9H,1,3-5H2. The molecule has 0 N–H and O–H groups in total. The number of carbonyl (C=O) groups excluding carboxylic acids is 1. The molecule has 0 saturated heterocycles. The van der Waals surface area contributed by atoms with Crippen LogP contribution in [0.5, 0.6) is 0 Å². The maximum atomic E-state index is 11.8. The lowest BCUT2D eigenvalue weighted by Crippen LogP contribution is -1.99. The zero-order valence-electron chi connectivity index (χ0n) is 9.00. The Bertz CT molecular complexity index is 484. The number of halogens is 1. The summed E-state index contributed by atoms with van der Waals surface area (Å²) in [5.41, 5.74) is 3.48. The average Bonchev–Trinajstić information content (AvgIpc) is 3.01. The molecule has 0 aromatic heterocycles. The summed E-state index contributed by atoms with van der Waals surface area (Å²) in [7, 11) is 0. The molecule has 2 heteroatoms. The lowest BCUT2D eigenvalue weighted by Gasteiger charge is -2.09. The molecule has 2 aliphatic carbocycles. The van der Waals surface area contributed by atoms with Gasteiger partial charge in [0.05, 0.1) is 0 Å². The summed E-state index contributed by atoms with van der Waals surface area (Å²) >= 11 is 3.49. The smallest absolute Gasteiger partial charge is 0.163 e. The number of allylic oxidation sites excluding steroid dienone is 2. The highest BCUT2D eigenvalue weighted by Crippen LogP contribution is 2.44. The highest BCUT2D eigenvalue weighted by molar-refractivity contribution is 9.10. The van der Waals surface area contributed by atoms with Crippen LogP contribution in [0.2, 0.25) is 0 Å². The second-order valence-corrected chi connectivity index (χ2v) is 5.50. The largest absolute Gasteiger partial charge is 0.294 e. The van der Waals surface area contributed by atoms with Crippen molar-refractivity contribution in [3.05, 3.63) is 39.9 Å². The fourth-order valence-corrected chi connectivity index (χ4v) is 2.73. The molecule has 0 atom stereocenters. The van der Waals surface area contributed by atoms with E-state index in [1.807, 2.05) is 0 Å². The van der Waals surface area contributed by atoms with Crippen LogP contribution >= 0.6 is 15.9 Å². The van der Waals surface area contributed by atoms with Gasteiger partial charge in [-0.05, 0) is 48.4 Å². The minimum absolute atomic E-state index is 0.306. The number of benzene rings is 1. The Labute approximate surface area is 104 Å². The van der Waals surface area contributed by atoms with E-state index in [0.717, 1.165) is 16.5 Å². The molecule has 2 aliphatic rings. The molecule has 1 nitrogen and oxygen atoms in total. The summed E-state index contributed by atoms with van der Waals surface area (Å²) in [5, 5.41) is 0. The number of Topliss-reactive ketones (excluding diaryl/α,β-unsaturated/α-hetero) is 1. The quantitative estimate of drug-likeness (QED) is 0.796. The van der Waals surface area contributed by atoms with Crippen LogP contribution < -0.4 is 0 Å². The number of hydrogen-bond acceptors (Lipinski definition) is 1. The van der Waals surface area contributed by atoms with E-state index in [9.17, 15) is 4.79 Å². The van der Waals surface area contributed by atoms with Gasteiger partial charge in [-0.3, -0.25) is 4.79 Å². The highest BCUT2D eigenvalue weighted by Gasteiger charge is 2.29. The molecular formula is C14H13BrO. The van der Waals surface area contributed by atoms with Crippen LogP contribution in [0.25, 0.3) is 5.57 Å². The van der Waals surface area contributed by atoms with Gasteiger partial charge >= 0.3 is 0 Å². The van der Waals surface area contributed by atoms with Crippen molar-refractivity contribution < 1.29 is 4.79 Å². The molecule has 16 heavy (non-hydrogen) atoms. The third kappa shape index (κ3) is 1.75. The predicted octanol–water partition coefficient (Wildman–Crippen LogP) is 4.07. The zero-order chi connectivity index (χ0) is 11.1. The average molecular weight is 277 g/mol. The van der Waals surface area contributed by atoms with Gasteiger partial charge in [0.15, 0.2) is 5.78 Å². The molecule has 1 saturated carbocycles. The summed E-state index contributed by atoms with van der Waals surface area (Å²) in [4.78, 5) is 11.8. The first-order chi connectivity index (χ1) is 7.75. The lowest BCUT2D eigenvalue weighted by atomic mass is 9.96. The van der Waals surface area contributed by atoms with Gasteiger partial charge in [-0.15, -0.1) is 0 Å². The Balaban J connectivity index is 2.10. The predicted molar refractivity (Wildman–Crippen MR) is 68.3 cm³/mol. The molecule has 1 fully saturated rings. The van der Waals surface area contributed by atoms with Crippen LogP contribution in [0.4, 0.5) is 0 Å². The van der Waals surface area contributed by atoms with E-state index < -0.39 is 0 Å².